The van der Waals surface area contributed by atoms with Crippen molar-refractivity contribution >= 4 is 29.0 Å². The van der Waals surface area contributed by atoms with Crippen LogP contribution >= 0.6 is 23.1 Å². The van der Waals surface area contributed by atoms with Crippen LogP contribution in [0.5, 0.6) is 0 Å². The van der Waals surface area contributed by atoms with Gasteiger partial charge in [-0.05, 0) is 36.8 Å². The van der Waals surface area contributed by atoms with Gasteiger partial charge in [0, 0.05) is 11.9 Å². The number of nitrogens with one attached hydrogen (secondary N) is 1. The summed E-state index contributed by atoms with van der Waals surface area (Å²) in [4.78, 5) is 14.0. The first-order valence-electron chi connectivity index (χ1n) is 8.74. The van der Waals surface area contributed by atoms with Crippen molar-refractivity contribution in [3.63, 3.8) is 0 Å². The minimum Gasteiger partial charge on any atom is -0.346 e. The highest BCUT2D eigenvalue weighted by Gasteiger charge is 2.28. The Kier molecular flexibility index (Phi) is 6.15. The summed E-state index contributed by atoms with van der Waals surface area (Å²) in [6.45, 7) is 0.899. The fraction of sp³-hybridized carbons (Fsp3) is 0.588. The highest BCUT2D eigenvalue weighted by atomic mass is 32.2. The molecule has 1 amide bonds. The Morgan fingerprint density at radius 2 is 2.22 bits per heavy atom. The molecule has 0 spiro atoms. The Bertz CT molecular complexity index is 816. The van der Waals surface area contributed by atoms with Crippen LogP contribution in [0.4, 0.5) is 13.2 Å². The van der Waals surface area contributed by atoms with E-state index in [1.807, 2.05) is 5.32 Å². The molecule has 148 valence electrons. The molecule has 2 heterocycles. The molecule has 10 heteroatoms. The Labute approximate surface area is 163 Å². The quantitative estimate of drug-likeness (QED) is 0.725. The Balaban J connectivity index is 1.64. The second-order valence-corrected chi connectivity index (χ2v) is 8.70. The molecule has 0 radical (unpaired) electrons. The third-order valence-corrected chi connectivity index (χ3v) is 6.89. The molecule has 1 aliphatic rings. The van der Waals surface area contributed by atoms with E-state index in [9.17, 15) is 18.0 Å². The van der Waals surface area contributed by atoms with Crippen molar-refractivity contribution in [2.45, 2.75) is 43.9 Å². The minimum absolute atomic E-state index is 0.138. The topological polar surface area (TPSA) is 59.8 Å². The molecule has 1 N–H and O–H groups in total. The van der Waals surface area contributed by atoms with Crippen molar-refractivity contribution in [3.8, 4) is 10.7 Å². The smallest absolute Gasteiger partial charge is 0.346 e. The number of aryl methyl sites for hydroxylation is 1. The first-order valence-corrected chi connectivity index (χ1v) is 10.5. The molecule has 0 saturated carbocycles. The van der Waals surface area contributed by atoms with Gasteiger partial charge in [0.15, 0.2) is 11.0 Å². The number of thioether (sulfide) groups is 1. The van der Waals surface area contributed by atoms with E-state index in [1.165, 1.54) is 23.3 Å². The molecule has 0 fully saturated rings. The summed E-state index contributed by atoms with van der Waals surface area (Å²) in [5.41, 5.74) is 1.39. The predicted octanol–water partition coefficient (Wildman–Crippen LogP) is 3.83. The molecular weight excluding hydrogens is 397 g/mol. The van der Waals surface area contributed by atoms with E-state index in [1.54, 1.807) is 23.0 Å². The average Bonchev–Trinajstić information content (AvgIpc) is 3.19. The van der Waals surface area contributed by atoms with E-state index in [0.717, 1.165) is 41.2 Å². The highest BCUT2D eigenvalue weighted by molar-refractivity contribution is 7.99. The minimum atomic E-state index is -4.41. The lowest BCUT2D eigenvalue weighted by Crippen LogP contribution is -2.34. The van der Waals surface area contributed by atoms with Crippen LogP contribution in [-0.2, 0) is 24.7 Å². The van der Waals surface area contributed by atoms with E-state index < -0.39 is 18.6 Å². The highest BCUT2D eigenvalue weighted by Crippen LogP contribution is 2.37. The number of rotatable bonds is 6. The summed E-state index contributed by atoms with van der Waals surface area (Å²) in [6, 6.07) is 2.18. The van der Waals surface area contributed by atoms with Crippen LogP contribution in [0.25, 0.3) is 10.7 Å². The Hall–Kier alpha value is -1.55. The maximum Gasteiger partial charge on any atom is 0.405 e. The van der Waals surface area contributed by atoms with Gasteiger partial charge in [0.2, 0.25) is 5.91 Å². The first kappa shape index (κ1) is 20.2. The number of carbonyl (C=O) groups excluding carboxylic acids is 1. The van der Waals surface area contributed by atoms with Crippen molar-refractivity contribution in [2.24, 2.45) is 13.0 Å². The van der Waals surface area contributed by atoms with Crippen LogP contribution in [0.1, 0.15) is 30.2 Å². The molecule has 5 nitrogen and oxygen atoms in total. The van der Waals surface area contributed by atoms with Crippen LogP contribution in [0.3, 0.4) is 0 Å². The Morgan fingerprint density at radius 1 is 1.44 bits per heavy atom. The SMILES string of the molecule is CCC1CCc2sc(-c3nnc(SCC(=O)NCC(F)(F)F)n3C)cc2C1. The van der Waals surface area contributed by atoms with Gasteiger partial charge >= 0.3 is 6.18 Å². The van der Waals surface area contributed by atoms with Crippen molar-refractivity contribution in [2.75, 3.05) is 12.3 Å². The van der Waals surface area contributed by atoms with Crippen LogP contribution in [0, 0.1) is 5.92 Å². The Morgan fingerprint density at radius 3 is 2.93 bits per heavy atom. The van der Waals surface area contributed by atoms with Gasteiger partial charge in [0.1, 0.15) is 6.54 Å². The van der Waals surface area contributed by atoms with E-state index in [2.05, 4.69) is 23.2 Å². The van der Waals surface area contributed by atoms with Gasteiger partial charge in [-0.25, -0.2) is 0 Å². The molecule has 0 bridgehead atoms. The molecule has 1 aliphatic carbocycles. The van der Waals surface area contributed by atoms with E-state index in [-0.39, 0.29) is 5.75 Å². The lowest BCUT2D eigenvalue weighted by Gasteiger charge is -2.19. The second kappa shape index (κ2) is 8.22. The molecule has 0 aromatic carbocycles. The summed E-state index contributed by atoms with van der Waals surface area (Å²) in [5, 5.41) is 10.7. The monoisotopic (exact) mass is 418 g/mol. The van der Waals surface area contributed by atoms with Gasteiger partial charge in [-0.1, -0.05) is 25.1 Å². The third-order valence-electron chi connectivity index (χ3n) is 4.64. The summed E-state index contributed by atoms with van der Waals surface area (Å²) in [5.74, 6) is 0.641. The first-order chi connectivity index (χ1) is 12.8. The van der Waals surface area contributed by atoms with Gasteiger partial charge in [-0.3, -0.25) is 4.79 Å². The number of fused-ring (bicyclic) bond motifs is 1. The molecule has 2 aromatic heterocycles. The maximum absolute atomic E-state index is 12.1. The maximum atomic E-state index is 12.1. The number of carbonyl (C=O) groups is 1. The summed E-state index contributed by atoms with van der Waals surface area (Å²) in [7, 11) is 1.80. The van der Waals surface area contributed by atoms with Crippen molar-refractivity contribution in [1.82, 2.24) is 20.1 Å². The number of hydrogen-bond donors (Lipinski definition) is 1. The van der Waals surface area contributed by atoms with E-state index in [0.29, 0.717) is 5.16 Å². The second-order valence-electron chi connectivity index (χ2n) is 6.62. The molecule has 27 heavy (non-hydrogen) atoms. The number of amides is 1. The normalized spacial score (nSPS) is 17.0. The molecule has 2 aromatic rings. The third kappa shape index (κ3) is 5.04. The summed E-state index contributed by atoms with van der Waals surface area (Å²) in [6.07, 6.45) is 0.189. The van der Waals surface area contributed by atoms with E-state index >= 15 is 0 Å². The average molecular weight is 419 g/mol. The van der Waals surface area contributed by atoms with Crippen molar-refractivity contribution in [3.05, 3.63) is 16.5 Å². The molecule has 1 unspecified atom stereocenters. The van der Waals surface area contributed by atoms with Crippen LogP contribution in [0.2, 0.25) is 0 Å². The molecular formula is C17H21F3N4OS2. The number of alkyl halides is 3. The van der Waals surface area contributed by atoms with Crippen molar-refractivity contribution < 1.29 is 18.0 Å². The molecule has 3 rings (SSSR count). The van der Waals surface area contributed by atoms with Gasteiger partial charge in [0.05, 0.1) is 10.6 Å². The number of aromatic nitrogens is 3. The summed E-state index contributed by atoms with van der Waals surface area (Å²) < 4.78 is 38.2. The zero-order chi connectivity index (χ0) is 19.6. The molecule has 0 saturated heterocycles. The van der Waals surface area contributed by atoms with Crippen LogP contribution in [0.15, 0.2) is 11.2 Å². The van der Waals surface area contributed by atoms with Gasteiger partial charge in [-0.2, -0.15) is 13.2 Å². The van der Waals surface area contributed by atoms with Crippen LogP contribution < -0.4 is 5.32 Å². The van der Waals surface area contributed by atoms with Gasteiger partial charge in [-0.15, -0.1) is 21.5 Å². The lowest BCUT2D eigenvalue weighted by molar-refractivity contribution is -0.136. The van der Waals surface area contributed by atoms with Gasteiger partial charge in [0.25, 0.3) is 0 Å². The number of thiophene rings is 1. The number of halogens is 3. The van der Waals surface area contributed by atoms with Gasteiger partial charge < -0.3 is 9.88 Å². The number of hydrogen-bond acceptors (Lipinski definition) is 5. The standard InChI is InChI=1S/C17H21F3N4OS2/c1-3-10-4-5-12-11(6-10)7-13(27-12)15-22-23-16(24(15)2)26-8-14(25)21-9-17(18,19)20/h7,10H,3-6,8-9H2,1-2H3,(H,21,25). The van der Waals surface area contributed by atoms with Crippen LogP contribution in [-0.4, -0.2) is 39.1 Å². The molecule has 0 aliphatic heterocycles. The largest absolute Gasteiger partial charge is 0.405 e. The fourth-order valence-corrected chi connectivity index (χ4v) is 5.06. The molecule has 1 atom stereocenters. The predicted molar refractivity (Wildman–Crippen MR) is 99.9 cm³/mol. The zero-order valence-electron chi connectivity index (χ0n) is 15.1. The van der Waals surface area contributed by atoms with Crippen molar-refractivity contribution in [1.29, 1.82) is 0 Å². The number of nitrogens with zero attached hydrogens (tertiary/aromatic N) is 3. The zero-order valence-corrected chi connectivity index (χ0v) is 16.7. The van der Waals surface area contributed by atoms with E-state index in [4.69, 9.17) is 0 Å². The lowest BCUT2D eigenvalue weighted by atomic mass is 9.87. The fourth-order valence-electron chi connectivity index (χ4n) is 3.09. The summed E-state index contributed by atoms with van der Waals surface area (Å²) >= 11 is 2.80.